The monoisotopic (exact) mass is 388 g/mol. The summed E-state index contributed by atoms with van der Waals surface area (Å²) in [6, 6.07) is 16.3. The van der Waals surface area contributed by atoms with Gasteiger partial charge in [-0.15, -0.1) is 0 Å². The summed E-state index contributed by atoms with van der Waals surface area (Å²) in [6.07, 6.45) is 1.63. The SMILES string of the molecule is Cc1ccc(NC(=O)CN2C(=O)N[C@](C)(c3ccc4ccccc4c3)C2=O)nc1. The fraction of sp³-hybridized carbons (Fsp3) is 0.182. The number of amides is 4. The first kappa shape index (κ1) is 18.6. The summed E-state index contributed by atoms with van der Waals surface area (Å²) >= 11 is 0. The summed E-state index contributed by atoms with van der Waals surface area (Å²) in [4.78, 5) is 42.9. The number of urea groups is 1. The van der Waals surface area contributed by atoms with Crippen molar-refractivity contribution in [2.24, 2.45) is 0 Å². The molecule has 0 spiro atoms. The summed E-state index contributed by atoms with van der Waals surface area (Å²) in [5, 5.41) is 7.34. The van der Waals surface area contributed by atoms with Crippen molar-refractivity contribution in [2.45, 2.75) is 19.4 Å². The largest absolute Gasteiger partial charge is 0.325 e. The molecular formula is C22H20N4O3. The maximum Gasteiger partial charge on any atom is 0.325 e. The molecule has 0 radical (unpaired) electrons. The van der Waals surface area contributed by atoms with Gasteiger partial charge in [0, 0.05) is 6.20 Å². The van der Waals surface area contributed by atoms with Crippen LogP contribution in [0.3, 0.4) is 0 Å². The van der Waals surface area contributed by atoms with E-state index in [1.165, 1.54) is 0 Å². The Morgan fingerprint density at radius 3 is 2.59 bits per heavy atom. The molecular weight excluding hydrogens is 368 g/mol. The van der Waals surface area contributed by atoms with E-state index in [0.717, 1.165) is 21.2 Å². The summed E-state index contributed by atoms with van der Waals surface area (Å²) in [7, 11) is 0. The highest BCUT2D eigenvalue weighted by molar-refractivity contribution is 6.10. The van der Waals surface area contributed by atoms with E-state index in [2.05, 4.69) is 15.6 Å². The fourth-order valence-electron chi connectivity index (χ4n) is 3.40. The lowest BCUT2D eigenvalue weighted by atomic mass is 9.90. The summed E-state index contributed by atoms with van der Waals surface area (Å²) in [6.45, 7) is 3.15. The summed E-state index contributed by atoms with van der Waals surface area (Å²) < 4.78 is 0. The summed E-state index contributed by atoms with van der Waals surface area (Å²) in [5.41, 5.74) is 0.393. The number of nitrogens with one attached hydrogen (secondary N) is 2. The minimum atomic E-state index is -1.23. The second-order valence-corrected chi connectivity index (χ2v) is 7.28. The number of imide groups is 1. The number of benzene rings is 2. The molecule has 1 saturated heterocycles. The number of aryl methyl sites for hydroxylation is 1. The van der Waals surface area contributed by atoms with Crippen LogP contribution < -0.4 is 10.6 Å². The maximum atomic E-state index is 13.1. The van der Waals surface area contributed by atoms with Gasteiger partial charge in [-0.1, -0.05) is 42.5 Å². The molecule has 1 atom stereocenters. The molecule has 1 aromatic heterocycles. The first-order valence-corrected chi connectivity index (χ1v) is 9.23. The Morgan fingerprint density at radius 1 is 1.10 bits per heavy atom. The number of fused-ring (bicyclic) bond motifs is 1. The van der Waals surface area contributed by atoms with Gasteiger partial charge in [0.25, 0.3) is 5.91 Å². The van der Waals surface area contributed by atoms with Crippen LogP contribution in [0.15, 0.2) is 60.8 Å². The molecule has 0 unspecified atom stereocenters. The van der Waals surface area contributed by atoms with Gasteiger partial charge < -0.3 is 10.6 Å². The Kier molecular flexibility index (Phi) is 4.50. The number of rotatable bonds is 4. The van der Waals surface area contributed by atoms with Crippen molar-refractivity contribution in [2.75, 3.05) is 11.9 Å². The predicted molar refractivity (Wildman–Crippen MR) is 109 cm³/mol. The van der Waals surface area contributed by atoms with Crippen LogP contribution in [-0.2, 0) is 15.1 Å². The van der Waals surface area contributed by atoms with Crippen molar-refractivity contribution in [3.05, 3.63) is 71.9 Å². The number of nitrogens with zero attached hydrogens (tertiary/aromatic N) is 2. The third kappa shape index (κ3) is 3.42. The average molecular weight is 388 g/mol. The fourth-order valence-corrected chi connectivity index (χ4v) is 3.40. The Hall–Kier alpha value is -3.74. The van der Waals surface area contributed by atoms with Crippen LogP contribution in [0, 0.1) is 6.92 Å². The normalized spacial score (nSPS) is 18.8. The molecule has 2 heterocycles. The van der Waals surface area contributed by atoms with E-state index in [0.29, 0.717) is 11.4 Å². The third-order valence-electron chi connectivity index (χ3n) is 5.08. The summed E-state index contributed by atoms with van der Waals surface area (Å²) in [5.74, 6) is -0.595. The van der Waals surface area contributed by atoms with Gasteiger partial charge in [0.2, 0.25) is 5.91 Å². The van der Waals surface area contributed by atoms with E-state index in [1.807, 2.05) is 55.5 Å². The first-order chi connectivity index (χ1) is 13.9. The van der Waals surface area contributed by atoms with Gasteiger partial charge in [-0.3, -0.25) is 14.5 Å². The van der Waals surface area contributed by atoms with Gasteiger partial charge in [0.15, 0.2) is 0 Å². The van der Waals surface area contributed by atoms with Crippen LogP contribution in [0.1, 0.15) is 18.1 Å². The van der Waals surface area contributed by atoms with E-state index in [9.17, 15) is 14.4 Å². The van der Waals surface area contributed by atoms with Crippen molar-refractivity contribution in [1.29, 1.82) is 0 Å². The number of hydrogen-bond donors (Lipinski definition) is 2. The van der Waals surface area contributed by atoms with Gasteiger partial charge >= 0.3 is 6.03 Å². The predicted octanol–water partition coefficient (Wildman–Crippen LogP) is 2.95. The molecule has 1 fully saturated rings. The second kappa shape index (κ2) is 7.01. The zero-order valence-electron chi connectivity index (χ0n) is 16.1. The Bertz CT molecular complexity index is 1130. The smallest absolute Gasteiger partial charge is 0.319 e. The molecule has 0 saturated carbocycles. The molecule has 2 N–H and O–H groups in total. The number of aromatic nitrogens is 1. The Morgan fingerprint density at radius 2 is 1.86 bits per heavy atom. The van der Waals surface area contributed by atoms with E-state index < -0.39 is 23.4 Å². The number of pyridine rings is 1. The van der Waals surface area contributed by atoms with E-state index in [4.69, 9.17) is 0 Å². The quantitative estimate of drug-likeness (QED) is 0.672. The molecule has 0 bridgehead atoms. The van der Waals surface area contributed by atoms with Gasteiger partial charge in [-0.05, 0) is 47.9 Å². The lowest BCUT2D eigenvalue weighted by Crippen LogP contribution is -2.42. The topological polar surface area (TPSA) is 91.4 Å². The van der Waals surface area contributed by atoms with Crippen LogP contribution >= 0.6 is 0 Å². The molecule has 4 amide bonds. The second-order valence-electron chi connectivity index (χ2n) is 7.28. The maximum absolute atomic E-state index is 13.1. The molecule has 3 aromatic rings. The van der Waals surface area contributed by atoms with Crippen LogP contribution in [0.5, 0.6) is 0 Å². The van der Waals surface area contributed by atoms with Crippen molar-refractivity contribution >= 4 is 34.4 Å². The van der Waals surface area contributed by atoms with Gasteiger partial charge in [0.1, 0.15) is 17.9 Å². The van der Waals surface area contributed by atoms with Crippen molar-refractivity contribution < 1.29 is 14.4 Å². The molecule has 7 heteroatoms. The van der Waals surface area contributed by atoms with Crippen LogP contribution in [0.2, 0.25) is 0 Å². The van der Waals surface area contributed by atoms with Crippen LogP contribution in [0.25, 0.3) is 10.8 Å². The van der Waals surface area contributed by atoms with Gasteiger partial charge in [-0.25, -0.2) is 9.78 Å². The highest BCUT2D eigenvalue weighted by Crippen LogP contribution is 2.31. The molecule has 146 valence electrons. The van der Waals surface area contributed by atoms with Crippen molar-refractivity contribution in [3.8, 4) is 0 Å². The van der Waals surface area contributed by atoms with Crippen molar-refractivity contribution in [3.63, 3.8) is 0 Å². The molecule has 7 nitrogen and oxygen atoms in total. The molecule has 29 heavy (non-hydrogen) atoms. The highest BCUT2D eigenvalue weighted by atomic mass is 16.2. The zero-order valence-corrected chi connectivity index (χ0v) is 16.1. The first-order valence-electron chi connectivity index (χ1n) is 9.23. The lowest BCUT2D eigenvalue weighted by molar-refractivity contribution is -0.133. The van der Waals surface area contributed by atoms with E-state index in [-0.39, 0.29) is 6.54 Å². The zero-order chi connectivity index (χ0) is 20.6. The minimum Gasteiger partial charge on any atom is -0.319 e. The average Bonchev–Trinajstić information content (AvgIpc) is 2.93. The molecule has 1 aliphatic rings. The number of carbonyl (C=O) groups excluding carboxylic acids is 3. The number of anilines is 1. The minimum absolute atomic E-state index is 0.366. The Labute approximate surface area is 167 Å². The molecule has 1 aliphatic heterocycles. The van der Waals surface area contributed by atoms with Crippen LogP contribution in [-0.4, -0.2) is 34.3 Å². The molecule has 2 aromatic carbocycles. The Balaban J connectivity index is 1.54. The van der Waals surface area contributed by atoms with E-state index >= 15 is 0 Å². The van der Waals surface area contributed by atoms with Crippen molar-refractivity contribution in [1.82, 2.24) is 15.2 Å². The standard InChI is InChI=1S/C22H20N4O3/c1-14-7-10-18(23-12-14)24-19(27)13-26-20(28)22(2,25-21(26)29)17-9-8-15-5-3-4-6-16(15)11-17/h3-12H,13H2,1-2H3,(H,25,29)(H,23,24,27)/t22-/m1/s1. The molecule has 4 rings (SSSR count). The van der Waals surface area contributed by atoms with E-state index in [1.54, 1.807) is 19.2 Å². The van der Waals surface area contributed by atoms with Crippen LogP contribution in [0.4, 0.5) is 10.6 Å². The molecule has 0 aliphatic carbocycles. The lowest BCUT2D eigenvalue weighted by Gasteiger charge is -2.22. The third-order valence-corrected chi connectivity index (χ3v) is 5.08. The number of hydrogen-bond acceptors (Lipinski definition) is 4. The van der Waals surface area contributed by atoms with Gasteiger partial charge in [0.05, 0.1) is 0 Å². The highest BCUT2D eigenvalue weighted by Gasteiger charge is 2.49. The number of carbonyl (C=O) groups is 3. The van der Waals surface area contributed by atoms with Gasteiger partial charge in [-0.2, -0.15) is 0 Å².